The zero-order valence-electron chi connectivity index (χ0n) is 11.8. The zero-order valence-corrected chi connectivity index (χ0v) is 13.4. The van der Waals surface area contributed by atoms with Crippen LogP contribution in [0.1, 0.15) is 12.5 Å². The summed E-state index contributed by atoms with van der Waals surface area (Å²) in [5.41, 5.74) is 2.34. The van der Waals surface area contributed by atoms with Crippen molar-refractivity contribution >= 4 is 21.6 Å². The molecule has 0 spiro atoms. The molecular formula is C14H23BrN2O2. The van der Waals surface area contributed by atoms with Gasteiger partial charge in [0.1, 0.15) is 0 Å². The highest BCUT2D eigenvalue weighted by Crippen LogP contribution is 2.24. The van der Waals surface area contributed by atoms with Gasteiger partial charge in [0.2, 0.25) is 0 Å². The maximum Gasteiger partial charge on any atom is 0.0947 e. The molecule has 0 radical (unpaired) electrons. The summed E-state index contributed by atoms with van der Waals surface area (Å²) in [6, 6.07) is 6.21. The smallest absolute Gasteiger partial charge is 0.0947 e. The van der Waals surface area contributed by atoms with Gasteiger partial charge in [-0.3, -0.25) is 0 Å². The van der Waals surface area contributed by atoms with Crippen LogP contribution in [-0.4, -0.2) is 45.1 Å². The highest BCUT2D eigenvalue weighted by atomic mass is 79.9. The largest absolute Gasteiger partial charge is 0.389 e. The molecule has 2 N–H and O–H groups in total. The topological polar surface area (TPSA) is 44.7 Å². The van der Waals surface area contributed by atoms with E-state index in [-0.39, 0.29) is 0 Å². The third-order valence-electron chi connectivity index (χ3n) is 2.87. The number of nitrogens with zero attached hydrogens (tertiary/aromatic N) is 1. The molecule has 0 aliphatic carbocycles. The van der Waals surface area contributed by atoms with Crippen molar-refractivity contribution in [3.63, 3.8) is 0 Å². The number of anilines is 1. The number of rotatable bonds is 8. The summed E-state index contributed by atoms with van der Waals surface area (Å²) in [7, 11) is 3.58. The van der Waals surface area contributed by atoms with E-state index in [4.69, 9.17) is 4.74 Å². The van der Waals surface area contributed by atoms with Gasteiger partial charge >= 0.3 is 0 Å². The molecule has 0 bridgehead atoms. The van der Waals surface area contributed by atoms with Gasteiger partial charge in [-0.2, -0.15) is 0 Å². The summed E-state index contributed by atoms with van der Waals surface area (Å²) in [5.74, 6) is 0. The summed E-state index contributed by atoms with van der Waals surface area (Å²) >= 11 is 3.50. The number of likely N-dealkylation sites (N-methyl/N-ethyl adjacent to an activating group) is 1. The van der Waals surface area contributed by atoms with Gasteiger partial charge in [0, 0.05) is 37.4 Å². The first-order valence-corrected chi connectivity index (χ1v) is 7.25. The quantitative estimate of drug-likeness (QED) is 0.765. The third kappa shape index (κ3) is 5.48. The normalized spacial score (nSPS) is 12.5. The lowest BCUT2D eigenvalue weighted by Gasteiger charge is -2.25. The second kappa shape index (κ2) is 8.53. The van der Waals surface area contributed by atoms with Crippen LogP contribution >= 0.6 is 15.9 Å². The van der Waals surface area contributed by atoms with Gasteiger partial charge in [0.25, 0.3) is 0 Å². The molecular weight excluding hydrogens is 308 g/mol. The molecule has 1 rings (SSSR count). The number of aliphatic hydroxyl groups excluding tert-OH is 1. The fourth-order valence-electron chi connectivity index (χ4n) is 1.96. The van der Waals surface area contributed by atoms with E-state index in [0.29, 0.717) is 13.2 Å². The van der Waals surface area contributed by atoms with Gasteiger partial charge < -0.3 is 20.1 Å². The van der Waals surface area contributed by atoms with Crippen LogP contribution in [0.15, 0.2) is 22.7 Å². The molecule has 108 valence electrons. The summed E-state index contributed by atoms with van der Waals surface area (Å²) in [6.07, 6.45) is -0.485. The Hall–Kier alpha value is -0.620. The molecule has 19 heavy (non-hydrogen) atoms. The molecule has 0 amide bonds. The number of ether oxygens (including phenoxy) is 1. The van der Waals surface area contributed by atoms with Crippen LogP contribution in [0.4, 0.5) is 5.69 Å². The highest BCUT2D eigenvalue weighted by molar-refractivity contribution is 9.10. The van der Waals surface area contributed by atoms with Crippen LogP contribution < -0.4 is 10.2 Å². The first kappa shape index (κ1) is 16.4. The van der Waals surface area contributed by atoms with Crippen molar-refractivity contribution in [2.45, 2.75) is 19.6 Å². The molecule has 0 aliphatic rings. The van der Waals surface area contributed by atoms with E-state index in [1.807, 2.05) is 13.1 Å². The Labute approximate surface area is 123 Å². The van der Waals surface area contributed by atoms with Crippen molar-refractivity contribution in [1.29, 1.82) is 0 Å². The molecule has 1 atom stereocenters. The number of methoxy groups -OCH3 is 1. The number of nitrogens with one attached hydrogen (secondary N) is 1. The van der Waals surface area contributed by atoms with Gasteiger partial charge in [-0.15, -0.1) is 0 Å². The van der Waals surface area contributed by atoms with Crippen LogP contribution in [0, 0.1) is 0 Å². The van der Waals surface area contributed by atoms with Crippen LogP contribution in [0.25, 0.3) is 0 Å². The van der Waals surface area contributed by atoms with Crippen LogP contribution in [0.3, 0.4) is 0 Å². The molecule has 0 fully saturated rings. The Morgan fingerprint density at radius 3 is 2.84 bits per heavy atom. The summed E-state index contributed by atoms with van der Waals surface area (Å²) in [4.78, 5) is 2.06. The SMILES string of the molecule is CCNCc1ccc(Br)cc1N(C)CC(O)COC. The predicted molar refractivity (Wildman–Crippen MR) is 82.7 cm³/mol. The van der Waals surface area contributed by atoms with E-state index in [1.165, 1.54) is 5.56 Å². The molecule has 1 unspecified atom stereocenters. The monoisotopic (exact) mass is 330 g/mol. The summed E-state index contributed by atoms with van der Waals surface area (Å²) in [5, 5.41) is 13.2. The minimum Gasteiger partial charge on any atom is -0.389 e. The highest BCUT2D eigenvalue weighted by Gasteiger charge is 2.12. The number of benzene rings is 1. The minimum absolute atomic E-state index is 0.348. The van der Waals surface area contributed by atoms with Crippen LogP contribution in [0.5, 0.6) is 0 Å². The van der Waals surface area contributed by atoms with Crippen molar-refractivity contribution in [3.8, 4) is 0 Å². The summed E-state index contributed by atoms with van der Waals surface area (Å²) in [6.45, 7) is 4.74. The van der Waals surface area contributed by atoms with E-state index in [2.05, 4.69) is 45.2 Å². The van der Waals surface area contributed by atoms with Crippen molar-refractivity contribution in [2.75, 3.05) is 38.8 Å². The average molecular weight is 331 g/mol. The molecule has 1 aromatic rings. The fraction of sp³-hybridized carbons (Fsp3) is 0.571. The van der Waals surface area contributed by atoms with Crippen molar-refractivity contribution in [3.05, 3.63) is 28.2 Å². The van der Waals surface area contributed by atoms with E-state index in [1.54, 1.807) is 7.11 Å². The fourth-order valence-corrected chi connectivity index (χ4v) is 2.31. The Balaban J connectivity index is 2.80. The Kier molecular flexibility index (Phi) is 7.38. The molecule has 0 saturated heterocycles. The van der Waals surface area contributed by atoms with Crippen molar-refractivity contribution in [2.24, 2.45) is 0 Å². The van der Waals surface area contributed by atoms with Crippen molar-refractivity contribution in [1.82, 2.24) is 5.32 Å². The Morgan fingerprint density at radius 1 is 1.47 bits per heavy atom. The minimum atomic E-state index is -0.485. The van der Waals surface area contributed by atoms with Gasteiger partial charge in [-0.05, 0) is 24.2 Å². The lowest BCUT2D eigenvalue weighted by molar-refractivity contribution is 0.0695. The first-order valence-electron chi connectivity index (χ1n) is 6.45. The molecule has 1 aromatic carbocycles. The predicted octanol–water partition coefficient (Wildman–Crippen LogP) is 2.00. The maximum atomic E-state index is 9.82. The van der Waals surface area contributed by atoms with E-state index in [9.17, 15) is 5.11 Å². The molecule has 0 heterocycles. The number of hydrogen-bond donors (Lipinski definition) is 2. The number of hydrogen-bond acceptors (Lipinski definition) is 4. The molecule has 0 aromatic heterocycles. The third-order valence-corrected chi connectivity index (χ3v) is 3.36. The first-order chi connectivity index (χ1) is 9.08. The Morgan fingerprint density at radius 2 is 2.21 bits per heavy atom. The van der Waals surface area contributed by atoms with Gasteiger partial charge in [0.15, 0.2) is 0 Å². The maximum absolute atomic E-state index is 9.82. The van der Waals surface area contributed by atoms with E-state index < -0.39 is 6.10 Å². The standard InChI is InChI=1S/C14H23BrN2O2/c1-4-16-8-11-5-6-12(15)7-14(11)17(2)9-13(18)10-19-3/h5-7,13,16,18H,4,8-10H2,1-3H3. The van der Waals surface area contributed by atoms with Crippen molar-refractivity contribution < 1.29 is 9.84 Å². The Bertz CT molecular complexity index is 388. The second-order valence-corrected chi connectivity index (χ2v) is 5.46. The average Bonchev–Trinajstić information content (AvgIpc) is 2.37. The van der Waals surface area contributed by atoms with Gasteiger partial charge in [0.05, 0.1) is 12.7 Å². The van der Waals surface area contributed by atoms with E-state index >= 15 is 0 Å². The molecule has 4 nitrogen and oxygen atoms in total. The van der Waals surface area contributed by atoms with E-state index in [0.717, 1.165) is 23.2 Å². The second-order valence-electron chi connectivity index (χ2n) is 4.54. The molecule has 0 saturated carbocycles. The molecule has 0 aliphatic heterocycles. The van der Waals surface area contributed by atoms with Crippen LogP contribution in [-0.2, 0) is 11.3 Å². The van der Waals surface area contributed by atoms with Gasteiger partial charge in [-0.1, -0.05) is 28.9 Å². The lowest BCUT2D eigenvalue weighted by atomic mass is 10.1. The lowest BCUT2D eigenvalue weighted by Crippen LogP contribution is -2.32. The number of halogens is 1. The summed E-state index contributed by atoms with van der Waals surface area (Å²) < 4.78 is 6.00. The number of aliphatic hydroxyl groups is 1. The zero-order chi connectivity index (χ0) is 14.3. The van der Waals surface area contributed by atoms with Gasteiger partial charge in [-0.25, -0.2) is 0 Å². The van der Waals surface area contributed by atoms with Crippen LogP contribution in [0.2, 0.25) is 0 Å². The molecule has 5 heteroatoms.